The van der Waals surface area contributed by atoms with Crippen LogP contribution in [0, 0.1) is 11.8 Å². The number of aliphatic carboxylic acids is 1. The van der Waals surface area contributed by atoms with E-state index in [0.29, 0.717) is 17.0 Å². The Morgan fingerprint density at radius 2 is 1.50 bits per heavy atom. The van der Waals surface area contributed by atoms with Gasteiger partial charge in [-0.3, -0.25) is 9.59 Å². The summed E-state index contributed by atoms with van der Waals surface area (Å²) in [6.07, 6.45) is 3.52. The predicted octanol–water partition coefficient (Wildman–Crippen LogP) is 6.11. The molecule has 4 heteroatoms. The molecular weight excluding hydrogens is 348 g/mol. The Balaban J connectivity index is 2.19. The average Bonchev–Trinajstić information content (AvgIpc) is 2.65. The minimum Gasteiger partial charge on any atom is -0.481 e. The predicted molar refractivity (Wildman–Crippen MR) is 106 cm³/mol. The first kappa shape index (κ1) is 20.2. The highest BCUT2D eigenvalue weighted by Crippen LogP contribution is 2.26. The molecule has 138 valence electrons. The summed E-state index contributed by atoms with van der Waals surface area (Å²) in [5, 5.41) is 10.0. The number of carboxylic acid groups (broad SMARTS) is 1. The standard InChI is InChI=1S/C22H25ClO3/c1-3-4-5-6-20(15(2)22(25)26)21(24)18-9-7-16(8-10-18)17-11-13-19(23)14-12-17/h7-15,20H,3-6H2,1-2H3,(H,25,26). The summed E-state index contributed by atoms with van der Waals surface area (Å²) in [4.78, 5) is 24.3. The van der Waals surface area contributed by atoms with Crippen molar-refractivity contribution in [2.75, 3.05) is 0 Å². The lowest BCUT2D eigenvalue weighted by molar-refractivity contribution is -0.142. The van der Waals surface area contributed by atoms with Gasteiger partial charge in [0.25, 0.3) is 0 Å². The Bertz CT molecular complexity index is 735. The molecule has 0 radical (unpaired) electrons. The Kier molecular flexibility index (Phi) is 7.40. The fraction of sp³-hybridized carbons (Fsp3) is 0.364. The van der Waals surface area contributed by atoms with Gasteiger partial charge in [0.05, 0.1) is 5.92 Å². The summed E-state index contributed by atoms with van der Waals surface area (Å²) in [5.74, 6) is -2.17. The first-order valence-electron chi connectivity index (χ1n) is 9.07. The lowest BCUT2D eigenvalue weighted by Crippen LogP contribution is -2.28. The quantitative estimate of drug-likeness (QED) is 0.427. The van der Waals surface area contributed by atoms with Crippen molar-refractivity contribution in [3.05, 3.63) is 59.1 Å². The van der Waals surface area contributed by atoms with Gasteiger partial charge in [-0.25, -0.2) is 0 Å². The number of unbranched alkanes of at least 4 members (excludes halogenated alkanes) is 2. The molecule has 2 rings (SSSR count). The summed E-state index contributed by atoms with van der Waals surface area (Å²) in [5.41, 5.74) is 2.58. The number of hydrogen-bond acceptors (Lipinski definition) is 2. The average molecular weight is 373 g/mol. The summed E-state index contributed by atoms with van der Waals surface area (Å²) in [6, 6.07) is 14.9. The molecule has 0 bridgehead atoms. The fourth-order valence-electron chi connectivity index (χ4n) is 3.08. The summed E-state index contributed by atoms with van der Waals surface area (Å²) in [7, 11) is 0. The highest BCUT2D eigenvalue weighted by Gasteiger charge is 2.30. The number of carbonyl (C=O) groups is 2. The summed E-state index contributed by atoms with van der Waals surface area (Å²) in [6.45, 7) is 3.71. The molecule has 1 N–H and O–H groups in total. The Morgan fingerprint density at radius 3 is 2.00 bits per heavy atom. The van der Waals surface area contributed by atoms with Crippen molar-refractivity contribution in [2.45, 2.75) is 39.5 Å². The maximum Gasteiger partial charge on any atom is 0.306 e. The van der Waals surface area contributed by atoms with Gasteiger partial charge in [0.2, 0.25) is 0 Å². The third kappa shape index (κ3) is 5.18. The minimum atomic E-state index is -0.919. The van der Waals surface area contributed by atoms with Crippen molar-refractivity contribution in [3.8, 4) is 11.1 Å². The molecule has 3 nitrogen and oxygen atoms in total. The van der Waals surface area contributed by atoms with Crippen LogP contribution in [0.15, 0.2) is 48.5 Å². The van der Waals surface area contributed by atoms with E-state index in [0.717, 1.165) is 30.4 Å². The number of carbonyl (C=O) groups excluding carboxylic acids is 1. The molecule has 0 aliphatic rings. The smallest absolute Gasteiger partial charge is 0.306 e. The molecule has 0 amide bonds. The van der Waals surface area contributed by atoms with Crippen molar-refractivity contribution in [2.24, 2.45) is 11.8 Å². The van der Waals surface area contributed by atoms with Gasteiger partial charge >= 0.3 is 5.97 Å². The van der Waals surface area contributed by atoms with Crippen LogP contribution in [0.25, 0.3) is 11.1 Å². The van der Waals surface area contributed by atoms with Gasteiger partial charge in [0, 0.05) is 16.5 Å². The van der Waals surface area contributed by atoms with Crippen LogP contribution < -0.4 is 0 Å². The van der Waals surface area contributed by atoms with E-state index in [1.165, 1.54) is 0 Å². The molecule has 0 aliphatic carbocycles. The third-order valence-corrected chi connectivity index (χ3v) is 5.05. The van der Waals surface area contributed by atoms with Crippen LogP contribution in [0.1, 0.15) is 49.9 Å². The van der Waals surface area contributed by atoms with E-state index in [1.807, 2.05) is 36.4 Å². The third-order valence-electron chi connectivity index (χ3n) is 4.80. The number of ketones is 1. The normalized spacial score (nSPS) is 13.2. The molecule has 0 spiro atoms. The van der Waals surface area contributed by atoms with Crippen LogP contribution in [0.4, 0.5) is 0 Å². The van der Waals surface area contributed by atoms with Crippen LogP contribution in [0.5, 0.6) is 0 Å². The summed E-state index contributed by atoms with van der Waals surface area (Å²) < 4.78 is 0. The van der Waals surface area contributed by atoms with Gasteiger partial charge in [0.1, 0.15) is 0 Å². The van der Waals surface area contributed by atoms with Crippen LogP contribution in [0.3, 0.4) is 0 Å². The largest absolute Gasteiger partial charge is 0.481 e. The van der Waals surface area contributed by atoms with Crippen molar-refractivity contribution in [3.63, 3.8) is 0 Å². The van der Waals surface area contributed by atoms with Gasteiger partial charge in [-0.2, -0.15) is 0 Å². The molecular formula is C22H25ClO3. The van der Waals surface area contributed by atoms with E-state index in [1.54, 1.807) is 19.1 Å². The Morgan fingerprint density at radius 1 is 0.962 bits per heavy atom. The topological polar surface area (TPSA) is 54.4 Å². The number of rotatable bonds is 9. The van der Waals surface area contributed by atoms with Gasteiger partial charge in [-0.1, -0.05) is 81.1 Å². The molecule has 0 saturated carbocycles. The molecule has 0 aromatic heterocycles. The molecule has 2 atom stereocenters. The highest BCUT2D eigenvalue weighted by atomic mass is 35.5. The van der Waals surface area contributed by atoms with E-state index in [4.69, 9.17) is 11.6 Å². The van der Waals surface area contributed by atoms with Gasteiger partial charge in [0.15, 0.2) is 5.78 Å². The number of benzene rings is 2. The number of carboxylic acids is 1. The van der Waals surface area contributed by atoms with E-state index in [2.05, 4.69) is 6.92 Å². The lowest BCUT2D eigenvalue weighted by atomic mass is 9.82. The molecule has 2 unspecified atom stereocenters. The second kappa shape index (κ2) is 9.54. The van der Waals surface area contributed by atoms with E-state index in [-0.39, 0.29) is 5.78 Å². The Labute approximate surface area is 160 Å². The number of halogens is 1. The molecule has 2 aromatic rings. The van der Waals surface area contributed by atoms with Crippen molar-refractivity contribution in [1.82, 2.24) is 0 Å². The second-order valence-electron chi connectivity index (χ2n) is 6.68. The number of hydrogen-bond donors (Lipinski definition) is 1. The first-order valence-corrected chi connectivity index (χ1v) is 9.44. The molecule has 0 fully saturated rings. The molecule has 0 aliphatic heterocycles. The molecule has 0 heterocycles. The van der Waals surface area contributed by atoms with Crippen molar-refractivity contribution >= 4 is 23.4 Å². The highest BCUT2D eigenvalue weighted by molar-refractivity contribution is 6.30. The zero-order valence-corrected chi connectivity index (χ0v) is 16.0. The second-order valence-corrected chi connectivity index (χ2v) is 7.11. The summed E-state index contributed by atoms with van der Waals surface area (Å²) >= 11 is 5.92. The zero-order valence-electron chi connectivity index (χ0n) is 15.2. The number of Topliss-reactive ketones (excluding diaryl/α,β-unsaturated/α-hetero) is 1. The van der Waals surface area contributed by atoms with Crippen LogP contribution >= 0.6 is 11.6 Å². The molecule has 26 heavy (non-hydrogen) atoms. The SMILES string of the molecule is CCCCCC(C(=O)c1ccc(-c2ccc(Cl)cc2)cc1)C(C)C(=O)O. The lowest BCUT2D eigenvalue weighted by Gasteiger charge is -2.20. The maximum atomic E-state index is 12.9. The van der Waals surface area contributed by atoms with Gasteiger partial charge < -0.3 is 5.11 Å². The monoisotopic (exact) mass is 372 g/mol. The first-order chi connectivity index (χ1) is 12.4. The van der Waals surface area contributed by atoms with Crippen molar-refractivity contribution in [1.29, 1.82) is 0 Å². The van der Waals surface area contributed by atoms with Crippen LogP contribution in [0.2, 0.25) is 5.02 Å². The maximum absolute atomic E-state index is 12.9. The van der Waals surface area contributed by atoms with E-state index in [9.17, 15) is 14.7 Å². The van der Waals surface area contributed by atoms with Gasteiger partial charge in [-0.15, -0.1) is 0 Å². The molecule has 0 saturated heterocycles. The Hall–Kier alpha value is -2.13. The van der Waals surface area contributed by atoms with E-state index < -0.39 is 17.8 Å². The van der Waals surface area contributed by atoms with Crippen LogP contribution in [-0.2, 0) is 4.79 Å². The zero-order chi connectivity index (χ0) is 19.1. The molecule has 2 aromatic carbocycles. The minimum absolute atomic E-state index is 0.0846. The van der Waals surface area contributed by atoms with Gasteiger partial charge in [-0.05, 0) is 29.7 Å². The van der Waals surface area contributed by atoms with E-state index >= 15 is 0 Å². The fourth-order valence-corrected chi connectivity index (χ4v) is 3.20. The van der Waals surface area contributed by atoms with Crippen LogP contribution in [-0.4, -0.2) is 16.9 Å². The van der Waals surface area contributed by atoms with Crippen molar-refractivity contribution < 1.29 is 14.7 Å².